The summed E-state index contributed by atoms with van der Waals surface area (Å²) >= 11 is 0. The van der Waals surface area contributed by atoms with Crippen LogP contribution in [0.25, 0.3) is 11.2 Å². The molecule has 34 heavy (non-hydrogen) atoms. The number of fused-ring (bicyclic) bond motifs is 1. The van der Waals surface area contributed by atoms with E-state index in [9.17, 15) is 4.79 Å². The third-order valence-corrected chi connectivity index (χ3v) is 6.59. The van der Waals surface area contributed by atoms with Crippen molar-refractivity contribution in [2.75, 3.05) is 37.8 Å². The standard InChI is InChI=1S/C23H30FN9O/c1-31(2)9-15-16(10-33-13-29-19-20(25)27-12-28-21(19)33)18(6-5-17(15)24)32-8-7-23(26,11-32)22(34)30-14-3-4-14/h5-6,12-14H,3-4,7-11,26H2,1-2H3,(H,30,34)(H2,25,27,28)/t23-/m1/s1. The van der Waals surface area contributed by atoms with Crippen molar-refractivity contribution in [2.45, 2.75) is 43.9 Å². The summed E-state index contributed by atoms with van der Waals surface area (Å²) in [6.45, 7) is 1.73. The minimum absolute atomic E-state index is 0.109. The third kappa shape index (κ3) is 4.16. The van der Waals surface area contributed by atoms with Gasteiger partial charge in [0.2, 0.25) is 5.91 Å². The summed E-state index contributed by atoms with van der Waals surface area (Å²) in [5, 5.41) is 3.04. The first-order chi connectivity index (χ1) is 16.2. The van der Waals surface area contributed by atoms with Gasteiger partial charge in [0.25, 0.3) is 0 Å². The molecule has 1 atom stereocenters. The molecule has 1 saturated carbocycles. The summed E-state index contributed by atoms with van der Waals surface area (Å²) in [5.74, 6) is -0.0935. The second-order valence-corrected chi connectivity index (χ2v) is 9.64. The van der Waals surface area contributed by atoms with Crippen molar-refractivity contribution in [2.24, 2.45) is 5.73 Å². The summed E-state index contributed by atoms with van der Waals surface area (Å²) in [7, 11) is 3.80. The van der Waals surface area contributed by atoms with E-state index in [4.69, 9.17) is 11.5 Å². The quantitative estimate of drug-likeness (QED) is 0.466. The van der Waals surface area contributed by atoms with Crippen LogP contribution in [-0.4, -0.2) is 69.1 Å². The summed E-state index contributed by atoms with van der Waals surface area (Å²) < 4.78 is 17.0. The number of carbonyl (C=O) groups excluding carboxylic acids is 1. The van der Waals surface area contributed by atoms with Crippen molar-refractivity contribution in [3.05, 3.63) is 41.7 Å². The smallest absolute Gasteiger partial charge is 0.242 e. The number of hydrogen-bond acceptors (Lipinski definition) is 8. The van der Waals surface area contributed by atoms with Crippen molar-refractivity contribution in [1.82, 2.24) is 29.7 Å². The number of nitrogens with two attached hydrogens (primary N) is 2. The highest BCUT2D eigenvalue weighted by atomic mass is 19.1. The molecular formula is C23H30FN9O. The van der Waals surface area contributed by atoms with Crippen LogP contribution in [0.4, 0.5) is 15.9 Å². The van der Waals surface area contributed by atoms with Gasteiger partial charge in [0.15, 0.2) is 11.5 Å². The van der Waals surface area contributed by atoms with Gasteiger partial charge in [0, 0.05) is 42.5 Å². The van der Waals surface area contributed by atoms with E-state index >= 15 is 4.39 Å². The fourth-order valence-electron chi connectivity index (χ4n) is 4.58. The molecule has 2 fully saturated rings. The van der Waals surface area contributed by atoms with Crippen LogP contribution < -0.4 is 21.7 Å². The molecule has 5 N–H and O–H groups in total. The van der Waals surface area contributed by atoms with E-state index in [1.165, 1.54) is 12.4 Å². The molecule has 1 aliphatic heterocycles. The van der Waals surface area contributed by atoms with Crippen LogP contribution in [0, 0.1) is 5.82 Å². The largest absolute Gasteiger partial charge is 0.382 e. The van der Waals surface area contributed by atoms with E-state index < -0.39 is 5.54 Å². The molecule has 10 nitrogen and oxygen atoms in total. The molecule has 2 aromatic heterocycles. The van der Waals surface area contributed by atoms with Gasteiger partial charge < -0.3 is 31.2 Å². The highest BCUT2D eigenvalue weighted by molar-refractivity contribution is 5.88. The average molecular weight is 468 g/mol. The summed E-state index contributed by atoms with van der Waals surface area (Å²) in [5.41, 5.74) is 14.9. The second kappa shape index (κ2) is 8.48. The maximum absolute atomic E-state index is 15.1. The van der Waals surface area contributed by atoms with Crippen molar-refractivity contribution in [1.29, 1.82) is 0 Å². The average Bonchev–Trinajstić information content (AvgIpc) is 3.36. The topological polar surface area (TPSA) is 131 Å². The lowest BCUT2D eigenvalue weighted by molar-refractivity contribution is -0.125. The first-order valence-corrected chi connectivity index (χ1v) is 11.5. The van der Waals surface area contributed by atoms with Gasteiger partial charge in [-0.2, -0.15) is 0 Å². The van der Waals surface area contributed by atoms with Crippen LogP contribution in [0.2, 0.25) is 0 Å². The molecule has 1 aromatic carbocycles. The number of hydrogen-bond donors (Lipinski definition) is 3. The van der Waals surface area contributed by atoms with Gasteiger partial charge in [-0.05, 0) is 45.5 Å². The van der Waals surface area contributed by atoms with Gasteiger partial charge >= 0.3 is 0 Å². The number of halogens is 1. The number of rotatable bonds is 7. The molecule has 0 unspecified atom stereocenters. The second-order valence-electron chi connectivity index (χ2n) is 9.64. The van der Waals surface area contributed by atoms with E-state index in [0.29, 0.717) is 55.1 Å². The minimum Gasteiger partial charge on any atom is -0.382 e. The lowest BCUT2D eigenvalue weighted by atomic mass is 9.98. The molecule has 11 heteroatoms. The Morgan fingerprint density at radius 1 is 1.26 bits per heavy atom. The fourth-order valence-corrected chi connectivity index (χ4v) is 4.58. The molecule has 180 valence electrons. The minimum atomic E-state index is -0.973. The Bertz CT molecular complexity index is 1240. The van der Waals surface area contributed by atoms with Gasteiger partial charge in [0.1, 0.15) is 23.2 Å². The Morgan fingerprint density at radius 3 is 2.79 bits per heavy atom. The maximum Gasteiger partial charge on any atom is 0.242 e. The molecular weight excluding hydrogens is 437 g/mol. The van der Waals surface area contributed by atoms with Crippen LogP contribution in [0.1, 0.15) is 30.4 Å². The van der Waals surface area contributed by atoms with E-state index in [1.54, 1.807) is 12.4 Å². The van der Waals surface area contributed by atoms with Gasteiger partial charge in [0.05, 0.1) is 12.9 Å². The first-order valence-electron chi connectivity index (χ1n) is 11.5. The van der Waals surface area contributed by atoms with Gasteiger partial charge in [-0.25, -0.2) is 19.3 Å². The van der Waals surface area contributed by atoms with E-state index in [2.05, 4.69) is 25.2 Å². The monoisotopic (exact) mass is 467 g/mol. The normalized spacial score (nSPS) is 20.4. The molecule has 0 bridgehead atoms. The lowest BCUT2D eigenvalue weighted by Gasteiger charge is -2.28. The number of imidazole rings is 1. The van der Waals surface area contributed by atoms with E-state index in [0.717, 1.165) is 24.1 Å². The Hall–Kier alpha value is -3.31. The molecule has 3 aromatic rings. The van der Waals surface area contributed by atoms with E-state index in [1.807, 2.05) is 23.6 Å². The first kappa shape index (κ1) is 22.5. The lowest BCUT2D eigenvalue weighted by Crippen LogP contribution is -2.56. The summed E-state index contributed by atoms with van der Waals surface area (Å²) in [6, 6.07) is 3.51. The SMILES string of the molecule is CN(C)Cc1c(F)ccc(N2CC[C@](N)(C(=O)NC3CC3)C2)c1Cn1cnc2c(N)ncnc21. The Labute approximate surface area is 197 Å². The summed E-state index contributed by atoms with van der Waals surface area (Å²) in [6.07, 6.45) is 5.58. The number of nitrogens with zero attached hydrogens (tertiary/aromatic N) is 6. The molecule has 5 rings (SSSR count). The van der Waals surface area contributed by atoms with Crippen LogP contribution >= 0.6 is 0 Å². The fraction of sp³-hybridized carbons (Fsp3) is 0.478. The number of nitrogen functional groups attached to an aromatic ring is 1. The molecule has 0 spiro atoms. The third-order valence-electron chi connectivity index (χ3n) is 6.59. The number of amides is 1. The van der Waals surface area contributed by atoms with Crippen molar-refractivity contribution >= 4 is 28.6 Å². The number of nitrogens with one attached hydrogen (secondary N) is 1. The summed E-state index contributed by atoms with van der Waals surface area (Å²) in [4.78, 5) is 29.5. The van der Waals surface area contributed by atoms with Gasteiger partial charge in [-0.1, -0.05) is 0 Å². The van der Waals surface area contributed by atoms with Crippen LogP contribution in [0.5, 0.6) is 0 Å². The molecule has 1 saturated heterocycles. The van der Waals surface area contributed by atoms with Crippen molar-refractivity contribution in [3.63, 3.8) is 0 Å². The highest BCUT2D eigenvalue weighted by Gasteiger charge is 2.43. The van der Waals surface area contributed by atoms with Crippen LogP contribution in [0.15, 0.2) is 24.8 Å². The zero-order valence-corrected chi connectivity index (χ0v) is 19.5. The number of anilines is 2. The maximum atomic E-state index is 15.1. The Balaban J connectivity index is 1.52. The zero-order chi connectivity index (χ0) is 24.0. The molecule has 1 amide bonds. The number of carbonyl (C=O) groups is 1. The van der Waals surface area contributed by atoms with Crippen LogP contribution in [0.3, 0.4) is 0 Å². The number of aromatic nitrogens is 4. The van der Waals surface area contributed by atoms with Gasteiger partial charge in [-0.3, -0.25) is 4.79 Å². The number of benzene rings is 1. The van der Waals surface area contributed by atoms with Crippen LogP contribution in [-0.2, 0) is 17.9 Å². The molecule has 0 radical (unpaired) electrons. The Kier molecular flexibility index (Phi) is 5.61. The highest BCUT2D eigenvalue weighted by Crippen LogP contribution is 2.34. The molecule has 1 aliphatic carbocycles. The van der Waals surface area contributed by atoms with Crippen molar-refractivity contribution < 1.29 is 9.18 Å². The zero-order valence-electron chi connectivity index (χ0n) is 19.5. The Morgan fingerprint density at radius 2 is 2.06 bits per heavy atom. The molecule has 3 heterocycles. The predicted octanol–water partition coefficient (Wildman–Crippen LogP) is 0.844. The molecule has 2 aliphatic rings. The van der Waals surface area contributed by atoms with Crippen molar-refractivity contribution in [3.8, 4) is 0 Å². The predicted molar refractivity (Wildman–Crippen MR) is 128 cm³/mol. The van der Waals surface area contributed by atoms with Gasteiger partial charge in [-0.15, -0.1) is 0 Å². The van der Waals surface area contributed by atoms with E-state index in [-0.39, 0.29) is 17.8 Å².